The van der Waals surface area contributed by atoms with E-state index in [0.717, 1.165) is 5.92 Å². The summed E-state index contributed by atoms with van der Waals surface area (Å²) in [5.74, 6) is 0.868. The summed E-state index contributed by atoms with van der Waals surface area (Å²) in [4.78, 5) is 0. The first kappa shape index (κ1) is 7.45. The van der Waals surface area contributed by atoms with Crippen molar-refractivity contribution in [3.63, 3.8) is 0 Å². The third-order valence-corrected chi connectivity index (χ3v) is 4.63. The van der Waals surface area contributed by atoms with Crippen LogP contribution in [0.2, 0.25) is 0 Å². The van der Waals surface area contributed by atoms with Gasteiger partial charge in [0, 0.05) is 0 Å². The lowest BCUT2D eigenvalue weighted by Gasteiger charge is -2.36. The van der Waals surface area contributed by atoms with Crippen LogP contribution in [-0.4, -0.2) is 7.85 Å². The second kappa shape index (κ2) is 1.76. The van der Waals surface area contributed by atoms with Gasteiger partial charge in [0.1, 0.15) is 7.85 Å². The van der Waals surface area contributed by atoms with Gasteiger partial charge in [-0.2, -0.15) is 0 Å². The SMILES string of the molecule is BC1=CC2CC[C@]1(C)C2(C)C. The van der Waals surface area contributed by atoms with Crippen LogP contribution < -0.4 is 0 Å². The highest BCUT2D eigenvalue weighted by molar-refractivity contribution is 6.23. The molecule has 1 fully saturated rings. The van der Waals surface area contributed by atoms with Crippen molar-refractivity contribution in [2.75, 3.05) is 0 Å². The molecule has 1 saturated carbocycles. The second-order valence-electron chi connectivity index (χ2n) is 5.05. The molecule has 0 aromatic heterocycles. The minimum absolute atomic E-state index is 0.525. The summed E-state index contributed by atoms with van der Waals surface area (Å²) in [6, 6.07) is 0. The normalized spacial score (nSPS) is 46.1. The zero-order valence-electron chi connectivity index (χ0n) is 8.07. The van der Waals surface area contributed by atoms with Crippen LogP contribution in [0, 0.1) is 16.7 Å². The van der Waals surface area contributed by atoms with Gasteiger partial charge in [-0.3, -0.25) is 0 Å². The molecule has 0 N–H and O–H groups in total. The monoisotopic (exact) mass is 148 g/mol. The van der Waals surface area contributed by atoms with Crippen LogP contribution in [0.3, 0.4) is 0 Å². The van der Waals surface area contributed by atoms with E-state index in [2.05, 4.69) is 34.7 Å². The predicted molar refractivity (Wildman–Crippen MR) is 51.2 cm³/mol. The molecule has 1 heteroatoms. The van der Waals surface area contributed by atoms with Gasteiger partial charge in [0.05, 0.1) is 0 Å². The van der Waals surface area contributed by atoms with E-state index in [9.17, 15) is 0 Å². The standard InChI is InChI=1S/C10H17B/c1-9(2)7-4-5-10(9,3)8(11)6-7/h6-7H,4-5,11H2,1-3H3/t7?,10-/m0/s1. The van der Waals surface area contributed by atoms with Crippen molar-refractivity contribution >= 4 is 7.85 Å². The van der Waals surface area contributed by atoms with E-state index in [1.807, 2.05) is 0 Å². The van der Waals surface area contributed by atoms with Gasteiger partial charge in [-0.15, -0.1) is 5.47 Å². The third kappa shape index (κ3) is 0.629. The van der Waals surface area contributed by atoms with Crippen LogP contribution in [-0.2, 0) is 0 Å². The van der Waals surface area contributed by atoms with Gasteiger partial charge in [-0.1, -0.05) is 26.8 Å². The first-order valence-corrected chi connectivity index (χ1v) is 4.67. The summed E-state index contributed by atoms with van der Waals surface area (Å²) in [5, 5.41) is 0. The Morgan fingerprint density at radius 2 is 2.09 bits per heavy atom. The maximum absolute atomic E-state index is 2.50. The summed E-state index contributed by atoms with van der Waals surface area (Å²) in [5.41, 5.74) is 2.70. The van der Waals surface area contributed by atoms with E-state index in [4.69, 9.17) is 0 Å². The molecule has 0 aliphatic heterocycles. The van der Waals surface area contributed by atoms with Crippen LogP contribution in [0.1, 0.15) is 33.6 Å². The molecular formula is C10H17B. The maximum Gasteiger partial charge on any atom is 0.134 e. The van der Waals surface area contributed by atoms with E-state index in [0.29, 0.717) is 10.8 Å². The Labute approximate surface area is 70.5 Å². The zero-order valence-corrected chi connectivity index (χ0v) is 8.07. The van der Waals surface area contributed by atoms with Gasteiger partial charge in [0.2, 0.25) is 0 Å². The molecule has 0 amide bonds. The van der Waals surface area contributed by atoms with E-state index >= 15 is 0 Å². The zero-order chi connectivity index (χ0) is 8.28. The van der Waals surface area contributed by atoms with Crippen molar-refractivity contribution < 1.29 is 0 Å². The number of allylic oxidation sites excluding steroid dienone is 2. The highest BCUT2D eigenvalue weighted by atomic mass is 14.6. The predicted octanol–water partition coefficient (Wildman–Crippen LogP) is 1.96. The van der Waals surface area contributed by atoms with Crippen LogP contribution in [0.4, 0.5) is 0 Å². The molecule has 2 rings (SSSR count). The average molecular weight is 148 g/mol. The molecule has 0 aromatic rings. The Hall–Kier alpha value is -0.195. The van der Waals surface area contributed by atoms with Gasteiger partial charge in [0.15, 0.2) is 0 Å². The molecule has 60 valence electrons. The lowest BCUT2D eigenvalue weighted by Crippen LogP contribution is -2.30. The quantitative estimate of drug-likeness (QED) is 0.460. The fourth-order valence-corrected chi connectivity index (χ4v) is 3.02. The van der Waals surface area contributed by atoms with Crippen LogP contribution in [0.25, 0.3) is 0 Å². The van der Waals surface area contributed by atoms with Gasteiger partial charge >= 0.3 is 0 Å². The molecule has 0 nitrogen and oxygen atoms in total. The molecule has 11 heavy (non-hydrogen) atoms. The van der Waals surface area contributed by atoms with E-state index < -0.39 is 0 Å². The molecule has 0 saturated heterocycles. The number of hydrogen-bond donors (Lipinski definition) is 0. The number of fused-ring (bicyclic) bond motifs is 2. The molecule has 2 aliphatic carbocycles. The maximum atomic E-state index is 2.50. The summed E-state index contributed by atoms with van der Waals surface area (Å²) in [7, 11) is 2.31. The van der Waals surface area contributed by atoms with E-state index in [1.165, 1.54) is 12.8 Å². The summed E-state index contributed by atoms with van der Waals surface area (Å²) < 4.78 is 0. The molecule has 0 aromatic carbocycles. The lowest BCUT2D eigenvalue weighted by atomic mass is 9.63. The average Bonchev–Trinajstić information content (AvgIpc) is 2.20. The summed E-state index contributed by atoms with van der Waals surface area (Å²) in [6.45, 7) is 7.29. The van der Waals surface area contributed by atoms with Gasteiger partial charge in [-0.05, 0) is 29.6 Å². The molecule has 2 aliphatic rings. The van der Waals surface area contributed by atoms with Crippen molar-refractivity contribution in [1.82, 2.24) is 0 Å². The molecule has 2 bridgehead atoms. The highest BCUT2D eigenvalue weighted by Crippen LogP contribution is 2.64. The molecule has 1 unspecified atom stereocenters. The Balaban J connectivity index is 2.49. The number of rotatable bonds is 0. The first-order chi connectivity index (χ1) is 4.98. The minimum Gasteiger partial charge on any atom is -0.107 e. The Morgan fingerprint density at radius 3 is 2.27 bits per heavy atom. The Morgan fingerprint density at radius 1 is 1.45 bits per heavy atom. The Bertz CT molecular complexity index is 227. The molecule has 2 atom stereocenters. The summed E-state index contributed by atoms with van der Waals surface area (Å²) >= 11 is 0. The minimum atomic E-state index is 0.525. The van der Waals surface area contributed by atoms with Crippen molar-refractivity contribution in [1.29, 1.82) is 0 Å². The number of hydrogen-bond acceptors (Lipinski definition) is 0. The molecular weight excluding hydrogens is 131 g/mol. The molecule has 0 heterocycles. The van der Waals surface area contributed by atoms with Crippen LogP contribution in [0.5, 0.6) is 0 Å². The third-order valence-electron chi connectivity index (χ3n) is 4.63. The van der Waals surface area contributed by atoms with Crippen molar-refractivity contribution in [2.45, 2.75) is 33.6 Å². The van der Waals surface area contributed by atoms with Gasteiger partial charge in [0.25, 0.3) is 0 Å². The lowest BCUT2D eigenvalue weighted by molar-refractivity contribution is 0.178. The largest absolute Gasteiger partial charge is 0.134 e. The van der Waals surface area contributed by atoms with Crippen molar-refractivity contribution in [2.24, 2.45) is 16.7 Å². The first-order valence-electron chi connectivity index (χ1n) is 4.67. The van der Waals surface area contributed by atoms with Crippen molar-refractivity contribution in [3.05, 3.63) is 11.5 Å². The smallest absolute Gasteiger partial charge is 0.107 e. The van der Waals surface area contributed by atoms with E-state index in [1.54, 1.807) is 5.47 Å². The van der Waals surface area contributed by atoms with Gasteiger partial charge < -0.3 is 0 Å². The van der Waals surface area contributed by atoms with Crippen LogP contribution in [0.15, 0.2) is 11.5 Å². The topological polar surface area (TPSA) is 0 Å². The molecule has 0 spiro atoms. The fraction of sp³-hybridized carbons (Fsp3) is 0.800. The summed E-state index contributed by atoms with van der Waals surface area (Å²) in [6.07, 6.45) is 5.33. The fourth-order valence-electron chi connectivity index (χ4n) is 3.02. The Kier molecular flexibility index (Phi) is 1.19. The second-order valence-corrected chi connectivity index (χ2v) is 5.05. The van der Waals surface area contributed by atoms with Crippen LogP contribution >= 0.6 is 0 Å². The highest BCUT2D eigenvalue weighted by Gasteiger charge is 2.55. The van der Waals surface area contributed by atoms with Crippen molar-refractivity contribution in [3.8, 4) is 0 Å². The van der Waals surface area contributed by atoms with Gasteiger partial charge in [-0.25, -0.2) is 0 Å². The molecule has 0 radical (unpaired) electrons. The van der Waals surface area contributed by atoms with E-state index in [-0.39, 0.29) is 0 Å².